The summed E-state index contributed by atoms with van der Waals surface area (Å²) in [5.74, 6) is 0.0280. The molecule has 1 heterocycles. The Morgan fingerprint density at radius 3 is 2.58 bits per heavy atom. The van der Waals surface area contributed by atoms with Crippen LogP contribution in [0.15, 0.2) is 24.3 Å². The Morgan fingerprint density at radius 2 is 1.95 bits per heavy atom. The van der Waals surface area contributed by atoms with Crippen LogP contribution >= 0.6 is 0 Å². The molecule has 0 spiro atoms. The summed E-state index contributed by atoms with van der Waals surface area (Å²) in [5, 5.41) is 0. The van der Waals surface area contributed by atoms with Crippen molar-refractivity contribution in [2.45, 2.75) is 32.9 Å². The van der Waals surface area contributed by atoms with Crippen LogP contribution in [0, 0.1) is 13.8 Å². The average Bonchev–Trinajstić information content (AvgIpc) is 2.69. The van der Waals surface area contributed by atoms with Crippen LogP contribution in [-0.4, -0.2) is 13.7 Å². The minimum atomic E-state index is -2.08. The highest BCUT2D eigenvalue weighted by Crippen LogP contribution is 2.29. The number of H-pyrrole nitrogens is 1. The Labute approximate surface area is 116 Å². The van der Waals surface area contributed by atoms with Crippen molar-refractivity contribution in [3.63, 3.8) is 0 Å². The van der Waals surface area contributed by atoms with E-state index < -0.39 is 11.1 Å². The third-order valence-electron chi connectivity index (χ3n) is 3.23. The number of rotatable bonds is 4. The summed E-state index contributed by atoms with van der Waals surface area (Å²) in [4.78, 5) is 3.15. The first-order valence-corrected chi connectivity index (χ1v) is 7.60. The van der Waals surface area contributed by atoms with Gasteiger partial charge in [0.2, 0.25) is 0 Å². The van der Waals surface area contributed by atoms with Gasteiger partial charge >= 0.3 is 0 Å². The third-order valence-corrected chi connectivity index (χ3v) is 3.75. The first kappa shape index (κ1) is 14.0. The van der Waals surface area contributed by atoms with Gasteiger partial charge in [-0.2, -0.15) is 0 Å². The molecule has 4 heteroatoms. The molecule has 2 rings (SSSR count). The molecule has 0 aliphatic rings. The van der Waals surface area contributed by atoms with E-state index in [9.17, 15) is 8.76 Å². The number of aromatic nitrogens is 1. The zero-order valence-corrected chi connectivity index (χ0v) is 12.3. The van der Waals surface area contributed by atoms with Crippen molar-refractivity contribution in [1.82, 2.24) is 4.98 Å². The molecule has 3 nitrogen and oxygen atoms in total. The maximum atomic E-state index is 11.0. The molecule has 0 radical (unpaired) electrons. The fourth-order valence-corrected chi connectivity index (χ4v) is 2.86. The average molecular weight is 276 g/mol. The van der Waals surface area contributed by atoms with E-state index in [0.717, 1.165) is 28.9 Å². The lowest BCUT2D eigenvalue weighted by Crippen LogP contribution is -1.97. The largest absolute Gasteiger partial charge is 0.772 e. The molecule has 0 bridgehead atoms. The second-order valence-electron chi connectivity index (χ2n) is 4.81. The zero-order valence-electron chi connectivity index (χ0n) is 11.4. The Morgan fingerprint density at radius 1 is 1.21 bits per heavy atom. The number of benzene rings is 1. The third kappa shape index (κ3) is 3.14. The molecule has 1 atom stereocenters. The van der Waals surface area contributed by atoms with Crippen LogP contribution in [0.1, 0.15) is 29.4 Å². The summed E-state index contributed by atoms with van der Waals surface area (Å²) in [7, 11) is 0. The first-order chi connectivity index (χ1) is 9.01. The van der Waals surface area contributed by atoms with Gasteiger partial charge in [-0.25, -0.2) is 0 Å². The number of nitrogens with one attached hydrogen (secondary N) is 1. The number of hydrogen-bond donors (Lipinski definition) is 1. The van der Waals surface area contributed by atoms with Crippen molar-refractivity contribution >= 4 is 11.1 Å². The fraction of sp³-hybridized carbons (Fsp3) is 0.333. The van der Waals surface area contributed by atoms with Crippen LogP contribution < -0.4 is 0 Å². The Kier molecular flexibility index (Phi) is 4.22. The van der Waals surface area contributed by atoms with Gasteiger partial charge in [-0.3, -0.25) is 4.21 Å². The molecule has 0 aliphatic heterocycles. The van der Waals surface area contributed by atoms with Gasteiger partial charge < -0.3 is 9.54 Å². The van der Waals surface area contributed by atoms with Gasteiger partial charge in [0, 0.05) is 17.0 Å². The molecule has 0 fully saturated rings. The second kappa shape index (κ2) is 5.72. The molecule has 19 heavy (non-hydrogen) atoms. The molecular weight excluding hydrogens is 258 g/mol. The standard InChI is InChI=1S/C15H19NO2S/c1-4-12-7-10(2)5-6-13(12)14-8-11(3)16-15(14)9-19(17)18/h5-8,16H,4,9H2,1-3H3,(H,17,18)/p-1. The van der Waals surface area contributed by atoms with Gasteiger partial charge in [-0.15, -0.1) is 0 Å². The van der Waals surface area contributed by atoms with Crippen molar-refractivity contribution < 1.29 is 8.76 Å². The van der Waals surface area contributed by atoms with Crippen molar-refractivity contribution in [2.24, 2.45) is 0 Å². The van der Waals surface area contributed by atoms with Crippen LogP contribution in [-0.2, 0) is 23.3 Å². The van der Waals surface area contributed by atoms with Crippen LogP contribution in [0.4, 0.5) is 0 Å². The van der Waals surface area contributed by atoms with E-state index >= 15 is 0 Å². The van der Waals surface area contributed by atoms with E-state index in [1.807, 2.05) is 13.0 Å². The highest BCUT2D eigenvalue weighted by molar-refractivity contribution is 7.78. The molecule has 102 valence electrons. The molecule has 0 saturated carbocycles. The molecule has 1 aromatic carbocycles. The Balaban J connectivity index is 2.55. The maximum Gasteiger partial charge on any atom is 0.0510 e. The van der Waals surface area contributed by atoms with E-state index in [4.69, 9.17) is 0 Å². The predicted molar refractivity (Wildman–Crippen MR) is 77.7 cm³/mol. The van der Waals surface area contributed by atoms with Crippen molar-refractivity contribution in [2.75, 3.05) is 0 Å². The van der Waals surface area contributed by atoms with E-state index in [-0.39, 0.29) is 5.75 Å². The summed E-state index contributed by atoms with van der Waals surface area (Å²) >= 11 is -2.08. The van der Waals surface area contributed by atoms with Crippen LogP contribution in [0.2, 0.25) is 0 Å². The first-order valence-electron chi connectivity index (χ1n) is 6.35. The van der Waals surface area contributed by atoms with Gasteiger partial charge in [0.05, 0.1) is 5.75 Å². The highest BCUT2D eigenvalue weighted by atomic mass is 32.2. The Bertz CT molecular complexity index is 617. The van der Waals surface area contributed by atoms with Crippen molar-refractivity contribution in [1.29, 1.82) is 0 Å². The highest BCUT2D eigenvalue weighted by Gasteiger charge is 2.12. The summed E-state index contributed by atoms with van der Waals surface area (Å²) in [6.45, 7) is 6.13. The maximum absolute atomic E-state index is 11.0. The minimum absolute atomic E-state index is 0.0280. The van der Waals surface area contributed by atoms with Crippen LogP contribution in [0.25, 0.3) is 11.1 Å². The van der Waals surface area contributed by atoms with Crippen molar-refractivity contribution in [3.8, 4) is 11.1 Å². The lowest BCUT2D eigenvalue weighted by Gasteiger charge is -2.11. The second-order valence-corrected chi connectivity index (χ2v) is 5.70. The number of aryl methyl sites for hydroxylation is 3. The summed E-state index contributed by atoms with van der Waals surface area (Å²) in [5.41, 5.74) is 6.35. The molecule has 0 saturated heterocycles. The fourth-order valence-electron chi connectivity index (χ4n) is 2.39. The van der Waals surface area contributed by atoms with Gasteiger partial charge in [-0.05, 0) is 48.5 Å². The minimum Gasteiger partial charge on any atom is -0.772 e. The van der Waals surface area contributed by atoms with E-state index in [1.165, 1.54) is 11.1 Å². The number of hydrogen-bond acceptors (Lipinski definition) is 2. The number of aromatic amines is 1. The summed E-state index contributed by atoms with van der Waals surface area (Å²) < 4.78 is 21.9. The molecule has 0 aliphatic carbocycles. The van der Waals surface area contributed by atoms with Gasteiger partial charge in [0.1, 0.15) is 0 Å². The van der Waals surface area contributed by atoms with Crippen LogP contribution in [0.3, 0.4) is 0 Å². The van der Waals surface area contributed by atoms with Gasteiger partial charge in [-0.1, -0.05) is 30.7 Å². The quantitative estimate of drug-likeness (QED) is 0.872. The summed E-state index contributed by atoms with van der Waals surface area (Å²) in [6, 6.07) is 8.32. The predicted octanol–water partition coefficient (Wildman–Crippen LogP) is 3.24. The van der Waals surface area contributed by atoms with Gasteiger partial charge in [0.25, 0.3) is 0 Å². The zero-order chi connectivity index (χ0) is 14.0. The SMILES string of the molecule is CCc1cc(C)ccc1-c1cc(C)[nH]c1CS(=O)[O-]. The molecule has 1 unspecified atom stereocenters. The molecular formula is C15H18NO2S-. The van der Waals surface area contributed by atoms with Crippen molar-refractivity contribution in [3.05, 3.63) is 46.8 Å². The van der Waals surface area contributed by atoms with E-state index in [2.05, 4.69) is 37.0 Å². The van der Waals surface area contributed by atoms with Crippen LogP contribution in [0.5, 0.6) is 0 Å². The Hall–Kier alpha value is -1.39. The van der Waals surface area contributed by atoms with Gasteiger partial charge in [0.15, 0.2) is 0 Å². The molecule has 0 amide bonds. The molecule has 2 aromatic rings. The monoisotopic (exact) mass is 276 g/mol. The lowest BCUT2D eigenvalue weighted by atomic mass is 9.96. The lowest BCUT2D eigenvalue weighted by molar-refractivity contribution is 0.535. The molecule has 1 aromatic heterocycles. The van der Waals surface area contributed by atoms with E-state index in [0.29, 0.717) is 0 Å². The smallest absolute Gasteiger partial charge is 0.0510 e. The summed E-state index contributed by atoms with van der Waals surface area (Å²) in [6.07, 6.45) is 0.932. The molecule has 1 N–H and O–H groups in total. The topological polar surface area (TPSA) is 55.9 Å². The van der Waals surface area contributed by atoms with E-state index in [1.54, 1.807) is 0 Å². The normalized spacial score (nSPS) is 12.6.